The zero-order chi connectivity index (χ0) is 12.7. The molecule has 1 atom stereocenters. The highest BCUT2D eigenvalue weighted by atomic mass is 16.4. The molecule has 1 aromatic carbocycles. The van der Waals surface area contributed by atoms with Crippen LogP contribution in [0.1, 0.15) is 12.5 Å². The van der Waals surface area contributed by atoms with Gasteiger partial charge in [-0.2, -0.15) is 0 Å². The van der Waals surface area contributed by atoms with E-state index in [0.29, 0.717) is 19.6 Å². The van der Waals surface area contributed by atoms with Crippen molar-refractivity contribution in [1.82, 2.24) is 4.90 Å². The Morgan fingerprint density at radius 3 is 2.53 bits per heavy atom. The number of carboxylic acids is 1. The smallest absolute Gasteiger partial charge is 0.307 e. The van der Waals surface area contributed by atoms with Crippen LogP contribution in [0.4, 0.5) is 0 Å². The van der Waals surface area contributed by atoms with Crippen molar-refractivity contribution in [2.75, 3.05) is 19.7 Å². The zero-order valence-electron chi connectivity index (χ0n) is 10.0. The summed E-state index contributed by atoms with van der Waals surface area (Å²) in [5, 5.41) is 17.9. The monoisotopic (exact) mass is 237 g/mol. The van der Waals surface area contributed by atoms with Crippen LogP contribution in [0.3, 0.4) is 0 Å². The van der Waals surface area contributed by atoms with E-state index in [2.05, 4.69) is 0 Å². The first-order chi connectivity index (χ1) is 8.13. The van der Waals surface area contributed by atoms with Crippen LogP contribution in [0.2, 0.25) is 0 Å². The van der Waals surface area contributed by atoms with Gasteiger partial charge < -0.3 is 10.2 Å². The van der Waals surface area contributed by atoms with E-state index in [0.717, 1.165) is 5.56 Å². The van der Waals surface area contributed by atoms with E-state index >= 15 is 0 Å². The summed E-state index contributed by atoms with van der Waals surface area (Å²) < 4.78 is 0. The Hall–Kier alpha value is -1.39. The molecule has 0 aromatic heterocycles. The molecular formula is C13H19NO3. The largest absolute Gasteiger partial charge is 0.481 e. The van der Waals surface area contributed by atoms with E-state index in [1.54, 1.807) is 6.92 Å². The summed E-state index contributed by atoms with van der Waals surface area (Å²) >= 11 is 0. The van der Waals surface area contributed by atoms with Gasteiger partial charge >= 0.3 is 5.97 Å². The van der Waals surface area contributed by atoms with E-state index in [4.69, 9.17) is 10.2 Å². The maximum Gasteiger partial charge on any atom is 0.307 e. The van der Waals surface area contributed by atoms with Crippen LogP contribution in [0, 0.1) is 5.92 Å². The number of aliphatic hydroxyl groups is 1. The molecule has 0 saturated carbocycles. The number of benzene rings is 1. The van der Waals surface area contributed by atoms with Gasteiger partial charge in [0.2, 0.25) is 0 Å². The maximum atomic E-state index is 10.8. The summed E-state index contributed by atoms with van der Waals surface area (Å²) in [6.07, 6.45) is 0. The number of carboxylic acid groups (broad SMARTS) is 1. The molecule has 0 aliphatic carbocycles. The Labute approximate surface area is 101 Å². The van der Waals surface area contributed by atoms with Gasteiger partial charge in [0.25, 0.3) is 0 Å². The van der Waals surface area contributed by atoms with Gasteiger partial charge in [0.1, 0.15) is 0 Å². The van der Waals surface area contributed by atoms with Gasteiger partial charge in [0.15, 0.2) is 0 Å². The van der Waals surface area contributed by atoms with Crippen LogP contribution >= 0.6 is 0 Å². The molecule has 4 heteroatoms. The lowest BCUT2D eigenvalue weighted by Gasteiger charge is -2.23. The molecule has 94 valence electrons. The van der Waals surface area contributed by atoms with Crippen molar-refractivity contribution >= 4 is 5.97 Å². The summed E-state index contributed by atoms with van der Waals surface area (Å²) in [5.74, 6) is -1.23. The van der Waals surface area contributed by atoms with Crippen molar-refractivity contribution in [3.63, 3.8) is 0 Å². The fourth-order valence-corrected chi connectivity index (χ4v) is 1.68. The highest BCUT2D eigenvalue weighted by Gasteiger charge is 2.15. The highest BCUT2D eigenvalue weighted by Crippen LogP contribution is 2.07. The van der Waals surface area contributed by atoms with Crippen LogP contribution in [-0.4, -0.2) is 40.8 Å². The lowest BCUT2D eigenvalue weighted by molar-refractivity contribution is -0.141. The molecule has 0 saturated heterocycles. The Morgan fingerprint density at radius 1 is 1.35 bits per heavy atom. The van der Waals surface area contributed by atoms with Crippen LogP contribution in [0.25, 0.3) is 0 Å². The molecule has 0 spiro atoms. The van der Waals surface area contributed by atoms with Crippen LogP contribution in [0.5, 0.6) is 0 Å². The summed E-state index contributed by atoms with van der Waals surface area (Å²) in [7, 11) is 0. The molecule has 0 aliphatic rings. The molecule has 0 amide bonds. The summed E-state index contributed by atoms with van der Waals surface area (Å²) in [6, 6.07) is 9.84. The molecule has 0 aliphatic heterocycles. The second-order valence-corrected chi connectivity index (χ2v) is 4.18. The van der Waals surface area contributed by atoms with E-state index < -0.39 is 11.9 Å². The predicted octanol–water partition coefficient (Wildman–Crippen LogP) is 1.20. The Balaban J connectivity index is 2.57. The van der Waals surface area contributed by atoms with Crippen LogP contribution in [0.15, 0.2) is 30.3 Å². The minimum atomic E-state index is -0.805. The van der Waals surface area contributed by atoms with E-state index in [9.17, 15) is 4.79 Å². The molecule has 1 unspecified atom stereocenters. The number of aliphatic hydroxyl groups excluding tert-OH is 1. The second kappa shape index (κ2) is 7.04. The number of rotatable bonds is 7. The van der Waals surface area contributed by atoms with E-state index in [-0.39, 0.29) is 6.61 Å². The number of nitrogens with zero attached hydrogens (tertiary/aromatic N) is 1. The zero-order valence-corrected chi connectivity index (χ0v) is 10.0. The lowest BCUT2D eigenvalue weighted by atomic mass is 10.1. The molecule has 17 heavy (non-hydrogen) atoms. The van der Waals surface area contributed by atoms with Crippen molar-refractivity contribution in [3.8, 4) is 0 Å². The molecule has 1 aromatic rings. The molecule has 1 rings (SSSR count). The number of hydrogen-bond acceptors (Lipinski definition) is 3. The fraction of sp³-hybridized carbons (Fsp3) is 0.462. The quantitative estimate of drug-likeness (QED) is 0.748. The van der Waals surface area contributed by atoms with Crippen molar-refractivity contribution in [3.05, 3.63) is 35.9 Å². The normalized spacial score (nSPS) is 12.6. The molecule has 0 heterocycles. The Bertz CT molecular complexity index is 340. The number of carbonyl (C=O) groups is 1. The predicted molar refractivity (Wildman–Crippen MR) is 65.6 cm³/mol. The summed E-state index contributed by atoms with van der Waals surface area (Å²) in [6.45, 7) is 3.33. The van der Waals surface area contributed by atoms with Gasteiger partial charge in [0.05, 0.1) is 12.5 Å². The molecule has 0 radical (unpaired) electrons. The Kier molecular flexibility index (Phi) is 5.66. The van der Waals surface area contributed by atoms with Gasteiger partial charge in [-0.25, -0.2) is 0 Å². The molecular weight excluding hydrogens is 218 g/mol. The van der Waals surface area contributed by atoms with Gasteiger partial charge in [-0.1, -0.05) is 37.3 Å². The first-order valence-electron chi connectivity index (χ1n) is 5.73. The SMILES string of the molecule is CC(CN(CCO)Cc1ccccc1)C(=O)O. The Morgan fingerprint density at radius 2 is 2.00 bits per heavy atom. The van der Waals surface area contributed by atoms with Gasteiger partial charge in [-0.15, -0.1) is 0 Å². The number of aliphatic carboxylic acids is 1. The highest BCUT2D eigenvalue weighted by molar-refractivity contribution is 5.69. The van der Waals surface area contributed by atoms with Gasteiger partial charge in [-0.05, 0) is 5.56 Å². The topological polar surface area (TPSA) is 60.8 Å². The first-order valence-corrected chi connectivity index (χ1v) is 5.73. The van der Waals surface area contributed by atoms with Crippen molar-refractivity contribution in [2.24, 2.45) is 5.92 Å². The molecule has 2 N–H and O–H groups in total. The molecule has 0 fully saturated rings. The molecule has 0 bridgehead atoms. The average molecular weight is 237 g/mol. The van der Waals surface area contributed by atoms with Crippen LogP contribution in [-0.2, 0) is 11.3 Å². The van der Waals surface area contributed by atoms with Gasteiger partial charge in [0, 0.05) is 19.6 Å². The standard InChI is InChI=1S/C13H19NO3/c1-11(13(16)17)9-14(7-8-15)10-12-5-3-2-4-6-12/h2-6,11,15H,7-10H2,1H3,(H,16,17). The minimum absolute atomic E-state index is 0.0408. The van der Waals surface area contributed by atoms with Crippen molar-refractivity contribution in [1.29, 1.82) is 0 Å². The third kappa shape index (κ3) is 4.97. The van der Waals surface area contributed by atoms with Crippen LogP contribution < -0.4 is 0 Å². The third-order valence-electron chi connectivity index (χ3n) is 2.62. The van der Waals surface area contributed by atoms with Crippen molar-refractivity contribution in [2.45, 2.75) is 13.5 Å². The summed E-state index contributed by atoms with van der Waals surface area (Å²) in [4.78, 5) is 12.8. The molecule has 4 nitrogen and oxygen atoms in total. The van der Waals surface area contributed by atoms with E-state index in [1.165, 1.54) is 0 Å². The first kappa shape index (κ1) is 13.7. The van der Waals surface area contributed by atoms with Crippen molar-refractivity contribution < 1.29 is 15.0 Å². The third-order valence-corrected chi connectivity index (χ3v) is 2.62. The second-order valence-electron chi connectivity index (χ2n) is 4.18. The fourth-order valence-electron chi connectivity index (χ4n) is 1.68. The number of hydrogen-bond donors (Lipinski definition) is 2. The maximum absolute atomic E-state index is 10.8. The summed E-state index contributed by atoms with van der Waals surface area (Å²) in [5.41, 5.74) is 1.12. The lowest BCUT2D eigenvalue weighted by Crippen LogP contribution is -2.33. The van der Waals surface area contributed by atoms with Gasteiger partial charge in [-0.3, -0.25) is 9.69 Å². The average Bonchev–Trinajstić information content (AvgIpc) is 2.30. The van der Waals surface area contributed by atoms with E-state index in [1.807, 2.05) is 35.2 Å². The minimum Gasteiger partial charge on any atom is -0.481 e.